The molecule has 4 bridgehead atoms. The summed E-state index contributed by atoms with van der Waals surface area (Å²) in [6.45, 7) is 1.89. The molecule has 5 aliphatic carbocycles. The molecule has 3 nitrogen and oxygen atoms in total. The fourth-order valence-corrected chi connectivity index (χ4v) is 7.72. The van der Waals surface area contributed by atoms with E-state index in [4.69, 9.17) is 11.6 Å². The van der Waals surface area contributed by atoms with Crippen LogP contribution in [-0.2, 0) is 6.42 Å². The molecule has 0 aliphatic heterocycles. The summed E-state index contributed by atoms with van der Waals surface area (Å²) in [6.07, 6.45) is 17.1. The van der Waals surface area contributed by atoms with Crippen LogP contribution in [0.15, 0.2) is 18.2 Å². The van der Waals surface area contributed by atoms with Crippen molar-refractivity contribution >= 4 is 17.5 Å². The van der Waals surface area contributed by atoms with Crippen LogP contribution in [-0.4, -0.2) is 25.0 Å². The van der Waals surface area contributed by atoms with E-state index < -0.39 is 0 Å². The molecule has 5 saturated carbocycles. The highest BCUT2D eigenvalue weighted by Crippen LogP contribution is 2.56. The third-order valence-electron chi connectivity index (χ3n) is 8.86. The lowest BCUT2D eigenvalue weighted by Crippen LogP contribution is -2.42. The molecule has 0 radical (unpaired) electrons. The summed E-state index contributed by atoms with van der Waals surface area (Å²) in [5.74, 6) is 2.78. The van der Waals surface area contributed by atoms with Crippen LogP contribution in [0.25, 0.3) is 0 Å². The number of carbonyl (C=O) groups is 1. The van der Waals surface area contributed by atoms with E-state index in [1.165, 1.54) is 76.2 Å². The van der Waals surface area contributed by atoms with Crippen LogP contribution in [0.2, 0.25) is 5.02 Å². The van der Waals surface area contributed by atoms with Crippen molar-refractivity contribution < 1.29 is 4.79 Å². The summed E-state index contributed by atoms with van der Waals surface area (Å²) in [5, 5.41) is 7.58. The quantitative estimate of drug-likeness (QED) is 0.474. The zero-order valence-corrected chi connectivity index (χ0v) is 19.7. The average Bonchev–Trinajstić information content (AvgIpc) is 3.20. The van der Waals surface area contributed by atoms with E-state index in [0.717, 1.165) is 49.7 Å². The number of carbonyl (C=O) groups excluding carboxylic acids is 1. The molecule has 170 valence electrons. The Morgan fingerprint density at radius 1 is 1.03 bits per heavy atom. The third kappa shape index (κ3) is 5.14. The Morgan fingerprint density at radius 3 is 2.55 bits per heavy atom. The van der Waals surface area contributed by atoms with Crippen molar-refractivity contribution in [3.8, 4) is 0 Å². The van der Waals surface area contributed by atoms with E-state index in [2.05, 4.69) is 16.7 Å². The smallest absolute Gasteiger partial charge is 0.252 e. The SMILES string of the molecule is O=C(NCC12CCC3CC(CC(C3)C1)C2)c1cc(CCCNC2CCCC2)ccc1Cl. The van der Waals surface area contributed by atoms with Gasteiger partial charge in [0.2, 0.25) is 0 Å². The van der Waals surface area contributed by atoms with Crippen molar-refractivity contribution in [3.05, 3.63) is 34.3 Å². The maximum Gasteiger partial charge on any atom is 0.252 e. The van der Waals surface area contributed by atoms with E-state index >= 15 is 0 Å². The van der Waals surface area contributed by atoms with Gasteiger partial charge in [-0.2, -0.15) is 0 Å². The molecule has 2 unspecified atom stereocenters. The van der Waals surface area contributed by atoms with Crippen molar-refractivity contribution in [2.24, 2.45) is 23.2 Å². The first-order valence-electron chi connectivity index (χ1n) is 12.9. The van der Waals surface area contributed by atoms with Crippen LogP contribution in [0.4, 0.5) is 0 Å². The van der Waals surface area contributed by atoms with E-state index in [1.807, 2.05) is 12.1 Å². The van der Waals surface area contributed by atoms with Gasteiger partial charge in [0.25, 0.3) is 5.91 Å². The molecule has 0 spiro atoms. The largest absolute Gasteiger partial charge is 0.351 e. The first-order valence-corrected chi connectivity index (χ1v) is 13.3. The number of benzene rings is 1. The number of nitrogens with one attached hydrogen (secondary N) is 2. The normalized spacial score (nSPS) is 32.4. The molecule has 1 aromatic carbocycles. The van der Waals surface area contributed by atoms with Gasteiger partial charge in [-0.25, -0.2) is 0 Å². The van der Waals surface area contributed by atoms with E-state index in [9.17, 15) is 4.79 Å². The second-order valence-corrected chi connectivity index (χ2v) is 11.7. The van der Waals surface area contributed by atoms with Gasteiger partial charge in [-0.05, 0) is 118 Å². The number of hydrogen-bond acceptors (Lipinski definition) is 2. The van der Waals surface area contributed by atoms with Crippen LogP contribution >= 0.6 is 11.6 Å². The molecule has 1 amide bonds. The van der Waals surface area contributed by atoms with Gasteiger partial charge in [-0.1, -0.05) is 30.5 Å². The highest BCUT2D eigenvalue weighted by Gasteiger charge is 2.47. The molecule has 2 atom stereocenters. The summed E-state index contributed by atoms with van der Waals surface area (Å²) in [5.41, 5.74) is 2.21. The van der Waals surface area contributed by atoms with Crippen molar-refractivity contribution in [3.63, 3.8) is 0 Å². The second kappa shape index (κ2) is 9.43. The summed E-state index contributed by atoms with van der Waals surface area (Å²) in [4.78, 5) is 13.1. The van der Waals surface area contributed by atoms with Gasteiger partial charge in [0, 0.05) is 12.6 Å². The van der Waals surface area contributed by atoms with Crippen LogP contribution in [0.5, 0.6) is 0 Å². The topological polar surface area (TPSA) is 41.1 Å². The number of halogens is 1. The lowest BCUT2D eigenvalue weighted by Gasteiger charge is -2.45. The Kier molecular flexibility index (Phi) is 6.62. The lowest BCUT2D eigenvalue weighted by molar-refractivity contribution is 0.0614. The minimum absolute atomic E-state index is 0.0176. The van der Waals surface area contributed by atoms with Crippen molar-refractivity contribution in [2.75, 3.05) is 13.1 Å². The highest BCUT2D eigenvalue weighted by atomic mass is 35.5. The Labute approximate surface area is 193 Å². The summed E-state index contributed by atoms with van der Waals surface area (Å²) < 4.78 is 0. The number of aryl methyl sites for hydroxylation is 1. The van der Waals surface area contributed by atoms with Crippen LogP contribution in [0, 0.1) is 23.2 Å². The zero-order chi connectivity index (χ0) is 21.3. The average molecular weight is 443 g/mol. The lowest BCUT2D eigenvalue weighted by atomic mass is 9.61. The van der Waals surface area contributed by atoms with Gasteiger partial charge < -0.3 is 10.6 Å². The van der Waals surface area contributed by atoms with Gasteiger partial charge in [-0.3, -0.25) is 4.79 Å². The third-order valence-corrected chi connectivity index (χ3v) is 9.19. The maximum atomic E-state index is 13.1. The van der Waals surface area contributed by atoms with E-state index in [1.54, 1.807) is 0 Å². The molecular formula is C27H39ClN2O. The van der Waals surface area contributed by atoms with Gasteiger partial charge in [0.1, 0.15) is 0 Å². The van der Waals surface area contributed by atoms with Gasteiger partial charge in [-0.15, -0.1) is 0 Å². The minimum atomic E-state index is 0.0176. The van der Waals surface area contributed by atoms with Crippen molar-refractivity contribution in [1.29, 1.82) is 0 Å². The predicted molar refractivity (Wildman–Crippen MR) is 128 cm³/mol. The standard InChI is InChI=1S/C27H39ClN2O/c28-25-8-7-19(4-3-11-29-23-5-1-2-6-23)15-24(25)26(31)30-18-27-10-9-20-12-21(16-27)14-22(13-20)17-27/h7-8,15,20-23,29H,1-6,9-14,16-18H2,(H,30,31). The second-order valence-electron chi connectivity index (χ2n) is 11.3. The Balaban J connectivity index is 1.16. The van der Waals surface area contributed by atoms with Gasteiger partial charge in [0.05, 0.1) is 10.6 Å². The Morgan fingerprint density at radius 2 is 1.77 bits per heavy atom. The fraction of sp³-hybridized carbons (Fsp3) is 0.741. The molecule has 0 saturated heterocycles. The van der Waals surface area contributed by atoms with Crippen molar-refractivity contribution in [2.45, 2.75) is 89.5 Å². The van der Waals surface area contributed by atoms with Gasteiger partial charge in [0.15, 0.2) is 0 Å². The molecule has 0 heterocycles. The Hall–Kier alpha value is -1.06. The zero-order valence-electron chi connectivity index (χ0n) is 18.9. The molecule has 31 heavy (non-hydrogen) atoms. The van der Waals surface area contributed by atoms with Crippen LogP contribution < -0.4 is 10.6 Å². The molecule has 6 rings (SSSR count). The number of amides is 1. The number of hydrogen-bond donors (Lipinski definition) is 2. The predicted octanol–water partition coefficient (Wildman–Crippen LogP) is 6.14. The maximum absolute atomic E-state index is 13.1. The molecule has 5 fully saturated rings. The number of fused-ring (bicyclic) bond motifs is 1. The monoisotopic (exact) mass is 442 g/mol. The van der Waals surface area contributed by atoms with Crippen molar-refractivity contribution in [1.82, 2.24) is 10.6 Å². The van der Waals surface area contributed by atoms with E-state index in [0.29, 0.717) is 16.0 Å². The molecular weight excluding hydrogens is 404 g/mol. The van der Waals surface area contributed by atoms with Crippen LogP contribution in [0.1, 0.15) is 93.0 Å². The molecule has 0 aromatic heterocycles. The Bertz CT molecular complexity index is 773. The summed E-state index contributed by atoms with van der Waals surface area (Å²) in [6, 6.07) is 6.74. The van der Waals surface area contributed by atoms with Gasteiger partial charge >= 0.3 is 0 Å². The molecule has 2 N–H and O–H groups in total. The van der Waals surface area contributed by atoms with Crippen LogP contribution in [0.3, 0.4) is 0 Å². The van der Waals surface area contributed by atoms with E-state index in [-0.39, 0.29) is 5.91 Å². The fourth-order valence-electron chi connectivity index (χ4n) is 7.52. The molecule has 5 aliphatic rings. The summed E-state index contributed by atoms with van der Waals surface area (Å²) >= 11 is 6.45. The highest BCUT2D eigenvalue weighted by molar-refractivity contribution is 6.33. The first kappa shape index (κ1) is 21.8. The number of rotatable bonds is 8. The first-order chi connectivity index (χ1) is 15.1. The molecule has 1 aromatic rings. The molecule has 4 heteroatoms. The summed E-state index contributed by atoms with van der Waals surface area (Å²) in [7, 11) is 0. The minimum Gasteiger partial charge on any atom is -0.351 e.